The third-order valence-corrected chi connectivity index (χ3v) is 1.13. The van der Waals surface area contributed by atoms with Gasteiger partial charge in [-0.1, -0.05) is 0 Å². The van der Waals surface area contributed by atoms with E-state index >= 15 is 0 Å². The first kappa shape index (κ1) is 7.43. The second-order valence-corrected chi connectivity index (χ2v) is 2.18. The molecule has 6 heteroatoms. The van der Waals surface area contributed by atoms with Crippen molar-refractivity contribution in [3.05, 3.63) is 16.6 Å². The Morgan fingerprint density at radius 2 is 2.45 bits per heavy atom. The lowest BCUT2D eigenvalue weighted by atomic mass is 10.8. The van der Waals surface area contributed by atoms with Crippen molar-refractivity contribution in [3.8, 4) is 0 Å². The van der Waals surface area contributed by atoms with Gasteiger partial charge in [-0.3, -0.25) is 0 Å². The molecular formula is C5H8N6. The molecule has 1 heterocycles. The maximum atomic E-state index is 8.06. The average Bonchev–Trinajstić information content (AvgIpc) is 2.37. The van der Waals surface area contributed by atoms with Crippen LogP contribution in [0.3, 0.4) is 0 Å². The molecule has 0 aliphatic carbocycles. The standard InChI is InChI=1S/C5H8N6/c1-11(2)5-7-3-4(8-5)9-10-6/h3H,1-2H3,(H,7,8). The molecule has 0 aliphatic heterocycles. The van der Waals surface area contributed by atoms with E-state index in [-0.39, 0.29) is 0 Å². The van der Waals surface area contributed by atoms with Gasteiger partial charge in [-0.15, -0.1) is 0 Å². The molecule has 0 saturated carbocycles. The van der Waals surface area contributed by atoms with Gasteiger partial charge in [0, 0.05) is 19.0 Å². The number of aromatic nitrogens is 2. The van der Waals surface area contributed by atoms with Crippen molar-refractivity contribution in [2.45, 2.75) is 0 Å². The predicted octanol–water partition coefficient (Wildman–Crippen LogP) is 1.42. The summed E-state index contributed by atoms with van der Waals surface area (Å²) in [4.78, 5) is 11.1. The number of azide groups is 1. The third kappa shape index (κ3) is 1.62. The van der Waals surface area contributed by atoms with Crippen molar-refractivity contribution in [1.29, 1.82) is 0 Å². The van der Waals surface area contributed by atoms with Gasteiger partial charge in [-0.05, 0) is 10.6 Å². The van der Waals surface area contributed by atoms with Gasteiger partial charge in [-0.25, -0.2) is 4.98 Å². The Morgan fingerprint density at radius 1 is 1.73 bits per heavy atom. The van der Waals surface area contributed by atoms with Crippen molar-refractivity contribution < 1.29 is 0 Å². The molecule has 0 aliphatic rings. The third-order valence-electron chi connectivity index (χ3n) is 1.13. The normalized spacial score (nSPS) is 8.91. The summed E-state index contributed by atoms with van der Waals surface area (Å²) in [5, 5.41) is 3.35. The summed E-state index contributed by atoms with van der Waals surface area (Å²) in [5.74, 6) is 1.10. The van der Waals surface area contributed by atoms with E-state index in [0.717, 1.165) is 0 Å². The Morgan fingerprint density at radius 3 is 2.91 bits per heavy atom. The molecule has 0 atom stereocenters. The van der Waals surface area contributed by atoms with E-state index in [1.807, 2.05) is 14.1 Å². The van der Waals surface area contributed by atoms with Crippen molar-refractivity contribution in [2.75, 3.05) is 19.0 Å². The summed E-state index contributed by atoms with van der Waals surface area (Å²) >= 11 is 0. The fourth-order valence-corrected chi connectivity index (χ4v) is 0.628. The van der Waals surface area contributed by atoms with E-state index < -0.39 is 0 Å². The molecule has 1 aromatic heterocycles. The van der Waals surface area contributed by atoms with Crippen molar-refractivity contribution in [2.24, 2.45) is 5.11 Å². The number of rotatable bonds is 2. The zero-order valence-electron chi connectivity index (χ0n) is 6.31. The van der Waals surface area contributed by atoms with E-state index in [9.17, 15) is 0 Å². The molecule has 1 aromatic rings. The highest BCUT2D eigenvalue weighted by atomic mass is 15.3. The lowest BCUT2D eigenvalue weighted by molar-refractivity contribution is 1.04. The van der Waals surface area contributed by atoms with Crippen LogP contribution in [0.4, 0.5) is 11.8 Å². The fraction of sp³-hybridized carbons (Fsp3) is 0.400. The molecule has 0 amide bonds. The van der Waals surface area contributed by atoms with Crippen molar-refractivity contribution in [1.82, 2.24) is 9.97 Å². The quantitative estimate of drug-likeness (QED) is 0.395. The molecule has 1 rings (SSSR count). The van der Waals surface area contributed by atoms with Gasteiger partial charge in [0.25, 0.3) is 0 Å². The maximum absolute atomic E-state index is 8.06. The summed E-state index contributed by atoms with van der Waals surface area (Å²) < 4.78 is 0. The van der Waals surface area contributed by atoms with Crippen LogP contribution in [0.2, 0.25) is 0 Å². The Kier molecular flexibility index (Phi) is 1.98. The number of imidazole rings is 1. The Labute approximate surface area is 63.5 Å². The molecule has 0 bridgehead atoms. The lowest BCUT2D eigenvalue weighted by Crippen LogP contribution is -2.09. The number of anilines is 1. The minimum absolute atomic E-state index is 0.427. The second-order valence-electron chi connectivity index (χ2n) is 2.18. The predicted molar refractivity (Wildman–Crippen MR) is 41.7 cm³/mol. The molecule has 0 spiro atoms. The first-order chi connectivity index (χ1) is 5.24. The van der Waals surface area contributed by atoms with Gasteiger partial charge >= 0.3 is 0 Å². The second kappa shape index (κ2) is 2.94. The van der Waals surface area contributed by atoms with Crippen LogP contribution in [0, 0.1) is 0 Å². The van der Waals surface area contributed by atoms with Crippen LogP contribution in [0.5, 0.6) is 0 Å². The molecule has 1 N–H and O–H groups in total. The molecular weight excluding hydrogens is 144 g/mol. The van der Waals surface area contributed by atoms with Gasteiger partial charge in [0.05, 0.1) is 6.20 Å². The summed E-state index contributed by atoms with van der Waals surface area (Å²) in [6.45, 7) is 0. The van der Waals surface area contributed by atoms with Gasteiger partial charge < -0.3 is 9.88 Å². The SMILES string of the molecule is CN(C)c1ncc(N=[N+]=[N-])[nH]1. The minimum atomic E-state index is 0.427. The van der Waals surface area contributed by atoms with Gasteiger partial charge in [0.1, 0.15) is 5.82 Å². The maximum Gasteiger partial charge on any atom is 0.202 e. The highest BCUT2D eigenvalue weighted by Crippen LogP contribution is 2.12. The van der Waals surface area contributed by atoms with Crippen molar-refractivity contribution >= 4 is 11.8 Å². The van der Waals surface area contributed by atoms with Gasteiger partial charge in [0.15, 0.2) is 0 Å². The van der Waals surface area contributed by atoms with Crippen LogP contribution in [0.1, 0.15) is 0 Å². The number of H-pyrrole nitrogens is 1. The summed E-state index contributed by atoms with van der Waals surface area (Å²) in [6.07, 6.45) is 1.48. The Hall–Kier alpha value is -1.68. The van der Waals surface area contributed by atoms with E-state index in [2.05, 4.69) is 20.0 Å². The molecule has 0 unspecified atom stereocenters. The van der Waals surface area contributed by atoms with Crippen molar-refractivity contribution in [3.63, 3.8) is 0 Å². The van der Waals surface area contributed by atoms with E-state index in [0.29, 0.717) is 11.8 Å². The number of hydrogen-bond donors (Lipinski definition) is 1. The largest absolute Gasteiger partial charge is 0.349 e. The van der Waals surface area contributed by atoms with E-state index in [4.69, 9.17) is 5.53 Å². The number of nitrogens with one attached hydrogen (secondary N) is 1. The van der Waals surface area contributed by atoms with Crippen LogP contribution in [-0.4, -0.2) is 24.1 Å². The number of aromatic amines is 1. The minimum Gasteiger partial charge on any atom is -0.349 e. The highest BCUT2D eigenvalue weighted by molar-refractivity contribution is 5.36. The van der Waals surface area contributed by atoms with Crippen LogP contribution in [0.25, 0.3) is 10.4 Å². The summed E-state index contributed by atoms with van der Waals surface area (Å²) in [5.41, 5.74) is 8.06. The highest BCUT2D eigenvalue weighted by Gasteiger charge is 1.98. The zero-order valence-corrected chi connectivity index (χ0v) is 6.31. The zero-order chi connectivity index (χ0) is 8.27. The van der Waals surface area contributed by atoms with Gasteiger partial charge in [0.2, 0.25) is 5.95 Å². The summed E-state index contributed by atoms with van der Waals surface area (Å²) in [7, 11) is 3.69. The molecule has 11 heavy (non-hydrogen) atoms. The van der Waals surface area contributed by atoms with Crippen LogP contribution in [-0.2, 0) is 0 Å². The summed E-state index contributed by atoms with van der Waals surface area (Å²) in [6, 6.07) is 0. The molecule has 6 nitrogen and oxygen atoms in total. The molecule has 0 saturated heterocycles. The van der Waals surface area contributed by atoms with E-state index in [1.165, 1.54) is 6.20 Å². The van der Waals surface area contributed by atoms with E-state index in [1.54, 1.807) is 4.90 Å². The topological polar surface area (TPSA) is 80.7 Å². The number of hydrogen-bond acceptors (Lipinski definition) is 3. The first-order valence-corrected chi connectivity index (χ1v) is 3.01. The monoisotopic (exact) mass is 152 g/mol. The van der Waals surface area contributed by atoms with Gasteiger partial charge in [-0.2, -0.15) is 0 Å². The van der Waals surface area contributed by atoms with Crippen LogP contribution >= 0.6 is 0 Å². The van der Waals surface area contributed by atoms with Crippen LogP contribution < -0.4 is 4.90 Å². The fourth-order valence-electron chi connectivity index (χ4n) is 0.628. The lowest BCUT2D eigenvalue weighted by Gasteiger charge is -2.05. The molecule has 58 valence electrons. The average molecular weight is 152 g/mol. The molecule has 0 fully saturated rings. The molecule has 0 aromatic carbocycles. The number of nitrogens with zero attached hydrogens (tertiary/aromatic N) is 5. The Balaban J connectivity index is 2.90. The first-order valence-electron chi connectivity index (χ1n) is 3.01. The van der Waals surface area contributed by atoms with Crippen LogP contribution in [0.15, 0.2) is 11.3 Å². The smallest absolute Gasteiger partial charge is 0.202 e. The molecule has 0 radical (unpaired) electrons. The Bertz CT molecular complexity index is 281.